The number of nitrogens with zero attached hydrogens (tertiary/aromatic N) is 1. The van der Waals surface area contributed by atoms with Gasteiger partial charge in [0.25, 0.3) is 0 Å². The Hall–Kier alpha value is -2.37. The Balaban J connectivity index is 1.75. The van der Waals surface area contributed by atoms with Crippen molar-refractivity contribution in [2.75, 3.05) is 19.0 Å². The topological polar surface area (TPSA) is 58.6 Å². The first-order chi connectivity index (χ1) is 12.5. The molecule has 26 heavy (non-hydrogen) atoms. The van der Waals surface area contributed by atoms with Gasteiger partial charge in [0.2, 0.25) is 5.91 Å². The van der Waals surface area contributed by atoms with Gasteiger partial charge >= 0.3 is 5.97 Å². The standard InChI is InChI=1S/C20H21ClN2O3/c1-13-7-8-17(16(21)9-13)22-19(24)12-23-11-15-6-4-3-5-14(15)10-18(23)20(25)26-2/h3-9,18H,10-12H2,1-2H3,(H,22,24). The van der Waals surface area contributed by atoms with Gasteiger partial charge in [-0.25, -0.2) is 0 Å². The molecule has 1 amide bonds. The number of fused-ring (bicyclic) bond motifs is 1. The summed E-state index contributed by atoms with van der Waals surface area (Å²) >= 11 is 6.18. The van der Waals surface area contributed by atoms with Crippen molar-refractivity contribution in [3.05, 3.63) is 64.2 Å². The molecule has 0 spiro atoms. The Morgan fingerprint density at radius 2 is 1.96 bits per heavy atom. The Morgan fingerprint density at radius 1 is 1.23 bits per heavy atom. The number of nitrogens with one attached hydrogen (secondary N) is 1. The first-order valence-corrected chi connectivity index (χ1v) is 8.80. The number of halogens is 1. The average molecular weight is 373 g/mol. The molecule has 2 aromatic carbocycles. The second-order valence-electron chi connectivity index (χ2n) is 6.45. The van der Waals surface area contributed by atoms with E-state index in [0.717, 1.165) is 16.7 Å². The van der Waals surface area contributed by atoms with Crippen LogP contribution < -0.4 is 5.32 Å². The molecule has 5 nitrogen and oxygen atoms in total. The molecule has 0 aliphatic carbocycles. The lowest BCUT2D eigenvalue weighted by Gasteiger charge is -2.34. The van der Waals surface area contributed by atoms with Gasteiger partial charge in [-0.1, -0.05) is 41.9 Å². The highest BCUT2D eigenvalue weighted by Gasteiger charge is 2.33. The van der Waals surface area contributed by atoms with Gasteiger partial charge in [-0.3, -0.25) is 14.5 Å². The van der Waals surface area contributed by atoms with E-state index >= 15 is 0 Å². The molecule has 1 unspecified atom stereocenters. The van der Waals surface area contributed by atoms with E-state index in [1.165, 1.54) is 7.11 Å². The van der Waals surface area contributed by atoms with Crippen molar-refractivity contribution >= 4 is 29.2 Å². The lowest BCUT2D eigenvalue weighted by Crippen LogP contribution is -2.49. The molecule has 1 N–H and O–H groups in total. The Labute approximate surface area is 157 Å². The van der Waals surface area contributed by atoms with Gasteiger partial charge in [0.1, 0.15) is 6.04 Å². The SMILES string of the molecule is COC(=O)C1Cc2ccccc2CN1CC(=O)Nc1ccc(C)cc1Cl. The van der Waals surface area contributed by atoms with Crippen molar-refractivity contribution < 1.29 is 14.3 Å². The lowest BCUT2D eigenvalue weighted by atomic mass is 9.94. The quantitative estimate of drug-likeness (QED) is 0.837. The Morgan fingerprint density at radius 3 is 2.65 bits per heavy atom. The third-order valence-electron chi connectivity index (χ3n) is 4.56. The molecule has 1 aliphatic rings. The number of rotatable bonds is 4. The van der Waals surface area contributed by atoms with E-state index in [2.05, 4.69) is 5.32 Å². The van der Waals surface area contributed by atoms with Gasteiger partial charge in [-0.15, -0.1) is 0 Å². The minimum absolute atomic E-state index is 0.0817. The smallest absolute Gasteiger partial charge is 0.323 e. The van der Waals surface area contributed by atoms with E-state index in [9.17, 15) is 9.59 Å². The monoisotopic (exact) mass is 372 g/mol. The number of benzene rings is 2. The summed E-state index contributed by atoms with van der Waals surface area (Å²) in [6.07, 6.45) is 0.529. The van der Waals surface area contributed by atoms with E-state index in [0.29, 0.717) is 23.7 Å². The fourth-order valence-electron chi connectivity index (χ4n) is 3.21. The normalized spacial score (nSPS) is 16.7. The minimum Gasteiger partial charge on any atom is -0.468 e. The molecule has 2 aromatic rings. The molecule has 0 aromatic heterocycles. The number of anilines is 1. The fourth-order valence-corrected chi connectivity index (χ4v) is 3.49. The number of esters is 1. The number of aryl methyl sites for hydroxylation is 1. The molecular formula is C20H21ClN2O3. The van der Waals surface area contributed by atoms with Crippen LogP contribution in [0.3, 0.4) is 0 Å². The van der Waals surface area contributed by atoms with Gasteiger partial charge in [0.15, 0.2) is 0 Å². The maximum absolute atomic E-state index is 12.5. The summed E-state index contributed by atoms with van der Waals surface area (Å²) in [6, 6.07) is 12.9. The zero-order valence-electron chi connectivity index (χ0n) is 14.8. The molecule has 0 fully saturated rings. The van der Waals surface area contributed by atoms with Crippen molar-refractivity contribution in [3.63, 3.8) is 0 Å². The van der Waals surface area contributed by atoms with E-state index in [1.807, 2.05) is 42.2 Å². The summed E-state index contributed by atoms with van der Waals surface area (Å²) in [5.74, 6) is -0.551. The van der Waals surface area contributed by atoms with Crippen LogP contribution in [0.25, 0.3) is 0 Å². The Bertz CT molecular complexity index is 838. The number of ether oxygens (including phenoxy) is 1. The van der Waals surface area contributed by atoms with Crippen LogP contribution in [0.2, 0.25) is 5.02 Å². The predicted octanol–water partition coefficient (Wildman–Crippen LogP) is 3.19. The third kappa shape index (κ3) is 4.06. The van der Waals surface area contributed by atoms with Gasteiger partial charge in [0, 0.05) is 6.54 Å². The molecule has 1 atom stereocenters. The molecule has 136 valence electrons. The molecule has 1 heterocycles. The number of carbonyl (C=O) groups is 2. The van der Waals surface area contributed by atoms with Crippen molar-refractivity contribution in [1.82, 2.24) is 4.90 Å². The summed E-state index contributed by atoms with van der Waals surface area (Å²) in [4.78, 5) is 26.6. The largest absolute Gasteiger partial charge is 0.468 e. The zero-order chi connectivity index (χ0) is 18.7. The van der Waals surface area contributed by atoms with Crippen LogP contribution in [-0.4, -0.2) is 36.5 Å². The molecule has 1 aliphatic heterocycles. The number of methoxy groups -OCH3 is 1. The third-order valence-corrected chi connectivity index (χ3v) is 4.88. The van der Waals surface area contributed by atoms with Crippen molar-refractivity contribution in [2.45, 2.75) is 25.9 Å². The average Bonchev–Trinajstić information content (AvgIpc) is 2.63. The van der Waals surface area contributed by atoms with E-state index < -0.39 is 6.04 Å². The molecule has 0 bridgehead atoms. The maximum atomic E-state index is 12.5. The second-order valence-corrected chi connectivity index (χ2v) is 6.86. The highest BCUT2D eigenvalue weighted by atomic mass is 35.5. The molecular weight excluding hydrogens is 352 g/mol. The number of hydrogen-bond donors (Lipinski definition) is 1. The van der Waals surface area contributed by atoms with Crippen molar-refractivity contribution in [1.29, 1.82) is 0 Å². The molecule has 3 rings (SSSR count). The summed E-state index contributed by atoms with van der Waals surface area (Å²) in [5, 5.41) is 3.31. The summed E-state index contributed by atoms with van der Waals surface area (Å²) in [7, 11) is 1.37. The van der Waals surface area contributed by atoms with Crippen LogP contribution in [-0.2, 0) is 27.3 Å². The van der Waals surface area contributed by atoms with Crippen LogP contribution in [0, 0.1) is 6.92 Å². The van der Waals surface area contributed by atoms with Crippen molar-refractivity contribution in [3.8, 4) is 0 Å². The predicted molar refractivity (Wildman–Crippen MR) is 101 cm³/mol. The summed E-state index contributed by atoms with van der Waals surface area (Å²) in [5.41, 5.74) is 3.82. The van der Waals surface area contributed by atoms with Crippen LogP contribution in [0.15, 0.2) is 42.5 Å². The minimum atomic E-state index is -0.478. The zero-order valence-corrected chi connectivity index (χ0v) is 15.5. The second kappa shape index (κ2) is 7.89. The van der Waals surface area contributed by atoms with Crippen LogP contribution in [0.4, 0.5) is 5.69 Å². The van der Waals surface area contributed by atoms with Gasteiger partial charge in [-0.05, 0) is 42.2 Å². The molecule has 0 saturated heterocycles. The van der Waals surface area contributed by atoms with Crippen molar-refractivity contribution in [2.24, 2.45) is 0 Å². The number of hydrogen-bond acceptors (Lipinski definition) is 4. The highest BCUT2D eigenvalue weighted by molar-refractivity contribution is 6.33. The van der Waals surface area contributed by atoms with Crippen LogP contribution >= 0.6 is 11.6 Å². The molecule has 0 saturated carbocycles. The van der Waals surface area contributed by atoms with Gasteiger partial charge in [-0.2, -0.15) is 0 Å². The van der Waals surface area contributed by atoms with Gasteiger partial charge < -0.3 is 10.1 Å². The first kappa shape index (κ1) is 18.4. The number of carbonyl (C=O) groups excluding carboxylic acids is 2. The maximum Gasteiger partial charge on any atom is 0.323 e. The van der Waals surface area contributed by atoms with Gasteiger partial charge in [0.05, 0.1) is 24.4 Å². The summed E-state index contributed by atoms with van der Waals surface area (Å²) in [6.45, 7) is 2.53. The number of amides is 1. The summed E-state index contributed by atoms with van der Waals surface area (Å²) < 4.78 is 4.93. The highest BCUT2D eigenvalue weighted by Crippen LogP contribution is 2.25. The molecule has 6 heteroatoms. The first-order valence-electron chi connectivity index (χ1n) is 8.42. The van der Waals surface area contributed by atoms with E-state index in [1.54, 1.807) is 12.1 Å². The van der Waals surface area contributed by atoms with E-state index in [-0.39, 0.29) is 18.4 Å². The lowest BCUT2D eigenvalue weighted by molar-refractivity contribution is -0.148. The molecule has 0 radical (unpaired) electrons. The van der Waals surface area contributed by atoms with Crippen LogP contribution in [0.1, 0.15) is 16.7 Å². The fraction of sp³-hybridized carbons (Fsp3) is 0.300. The Kier molecular flexibility index (Phi) is 5.59. The van der Waals surface area contributed by atoms with Crippen LogP contribution in [0.5, 0.6) is 0 Å². The van der Waals surface area contributed by atoms with E-state index in [4.69, 9.17) is 16.3 Å².